The number of rotatable bonds is 4. The number of aryl methyl sites for hydroxylation is 2. The lowest BCUT2D eigenvalue weighted by atomic mass is 10.1. The van der Waals surface area contributed by atoms with Gasteiger partial charge in [0, 0.05) is 32.2 Å². The molecular formula is C21H24N4O2S. The molecule has 1 amide bonds. The van der Waals surface area contributed by atoms with Gasteiger partial charge in [0.2, 0.25) is 0 Å². The third-order valence-electron chi connectivity index (χ3n) is 5.60. The summed E-state index contributed by atoms with van der Waals surface area (Å²) in [4.78, 5) is 33.2. The van der Waals surface area contributed by atoms with Crippen molar-refractivity contribution >= 4 is 27.5 Å². The Balaban J connectivity index is 1.48. The van der Waals surface area contributed by atoms with Crippen LogP contribution in [-0.4, -0.2) is 39.5 Å². The molecule has 3 aromatic rings. The Morgan fingerprint density at radius 2 is 2.07 bits per heavy atom. The molecule has 2 unspecified atom stereocenters. The number of hydrogen-bond donors (Lipinski definition) is 1. The summed E-state index contributed by atoms with van der Waals surface area (Å²) in [6, 6.07) is 10.9. The fourth-order valence-corrected chi connectivity index (χ4v) is 4.92. The first-order valence-corrected chi connectivity index (χ1v) is 10.3. The zero-order valence-corrected chi connectivity index (χ0v) is 17.1. The van der Waals surface area contributed by atoms with Crippen LogP contribution in [0.1, 0.15) is 40.2 Å². The predicted octanol–water partition coefficient (Wildman–Crippen LogP) is 2.87. The van der Waals surface area contributed by atoms with Crippen LogP contribution in [0.3, 0.4) is 0 Å². The smallest absolute Gasteiger partial charge is 0.262 e. The number of amides is 1. The zero-order valence-electron chi connectivity index (χ0n) is 16.3. The van der Waals surface area contributed by atoms with Crippen molar-refractivity contribution in [3.63, 3.8) is 0 Å². The molecule has 146 valence electrons. The molecule has 0 radical (unpaired) electrons. The van der Waals surface area contributed by atoms with Crippen molar-refractivity contribution in [2.45, 2.75) is 32.4 Å². The van der Waals surface area contributed by atoms with Gasteiger partial charge in [-0.1, -0.05) is 30.3 Å². The van der Waals surface area contributed by atoms with Crippen LogP contribution in [0.15, 0.2) is 41.5 Å². The Hall–Kier alpha value is -2.51. The first-order chi connectivity index (χ1) is 13.5. The number of thiophene rings is 1. The fraction of sp³-hybridized carbons (Fsp3) is 0.381. The highest BCUT2D eigenvalue weighted by Crippen LogP contribution is 2.28. The quantitative estimate of drug-likeness (QED) is 0.736. The van der Waals surface area contributed by atoms with E-state index in [0.717, 1.165) is 25.1 Å². The fourth-order valence-electron chi connectivity index (χ4n) is 3.88. The molecule has 1 N–H and O–H groups in total. The van der Waals surface area contributed by atoms with Crippen LogP contribution < -0.4 is 10.9 Å². The number of nitrogens with one attached hydrogen (secondary N) is 1. The second-order valence-corrected chi connectivity index (χ2v) is 8.44. The largest absolute Gasteiger partial charge is 0.347 e. The number of likely N-dealkylation sites (tertiary alicyclic amines) is 1. The van der Waals surface area contributed by atoms with Crippen LogP contribution in [0.2, 0.25) is 0 Å². The first kappa shape index (κ1) is 18.8. The van der Waals surface area contributed by atoms with Crippen LogP contribution >= 0.6 is 11.3 Å². The molecule has 0 saturated carbocycles. The molecule has 28 heavy (non-hydrogen) atoms. The lowest BCUT2D eigenvalue weighted by molar-refractivity contribution is 0.0940. The summed E-state index contributed by atoms with van der Waals surface area (Å²) < 4.78 is 1.45. The molecule has 4 rings (SSSR count). The van der Waals surface area contributed by atoms with Crippen molar-refractivity contribution in [2.24, 2.45) is 7.05 Å². The molecule has 1 fully saturated rings. The van der Waals surface area contributed by atoms with E-state index < -0.39 is 0 Å². The van der Waals surface area contributed by atoms with Crippen LogP contribution in [-0.2, 0) is 7.05 Å². The van der Waals surface area contributed by atoms with E-state index in [1.807, 2.05) is 13.0 Å². The number of benzene rings is 1. The van der Waals surface area contributed by atoms with Crippen molar-refractivity contribution in [1.29, 1.82) is 0 Å². The van der Waals surface area contributed by atoms with E-state index in [9.17, 15) is 9.59 Å². The summed E-state index contributed by atoms with van der Waals surface area (Å²) in [5.41, 5.74) is 1.90. The van der Waals surface area contributed by atoms with Gasteiger partial charge in [0.15, 0.2) is 0 Å². The van der Waals surface area contributed by atoms with Gasteiger partial charge in [-0.05, 0) is 31.4 Å². The highest BCUT2D eigenvalue weighted by atomic mass is 32.1. The summed E-state index contributed by atoms with van der Waals surface area (Å²) in [6.45, 7) is 5.81. The monoisotopic (exact) mass is 396 g/mol. The standard InChI is InChI=1S/C21H24N4O2S/c1-13-17-20(22-12-24(3)21(17)27)28-18(13)19(26)23-16-9-10-25(11-16)14(2)15-7-5-4-6-8-15/h4-8,12,14,16H,9-11H2,1-3H3,(H,23,26). The SMILES string of the molecule is Cc1c(C(=O)NC2CCN(C(C)c3ccccc3)C2)sc2ncn(C)c(=O)c12. The van der Waals surface area contributed by atoms with Crippen molar-refractivity contribution in [3.05, 3.63) is 63.0 Å². The van der Waals surface area contributed by atoms with E-state index in [-0.39, 0.29) is 17.5 Å². The van der Waals surface area contributed by atoms with E-state index in [1.54, 1.807) is 7.05 Å². The second kappa shape index (κ2) is 7.48. The van der Waals surface area contributed by atoms with Gasteiger partial charge < -0.3 is 9.88 Å². The van der Waals surface area contributed by atoms with Gasteiger partial charge in [-0.2, -0.15) is 0 Å². The number of carbonyl (C=O) groups is 1. The molecule has 0 spiro atoms. The zero-order chi connectivity index (χ0) is 19.8. The number of hydrogen-bond acceptors (Lipinski definition) is 5. The minimum absolute atomic E-state index is 0.109. The van der Waals surface area contributed by atoms with Gasteiger partial charge in [0.25, 0.3) is 11.5 Å². The van der Waals surface area contributed by atoms with Crippen LogP contribution in [0.5, 0.6) is 0 Å². The Labute approximate surface area is 167 Å². The van der Waals surface area contributed by atoms with Crippen molar-refractivity contribution in [1.82, 2.24) is 19.8 Å². The van der Waals surface area contributed by atoms with Crippen LogP contribution in [0.4, 0.5) is 0 Å². The van der Waals surface area contributed by atoms with E-state index in [1.165, 1.54) is 27.8 Å². The number of aromatic nitrogens is 2. The summed E-state index contributed by atoms with van der Waals surface area (Å²) >= 11 is 1.29. The molecule has 7 heteroatoms. The molecule has 6 nitrogen and oxygen atoms in total. The van der Waals surface area contributed by atoms with Crippen LogP contribution in [0, 0.1) is 6.92 Å². The summed E-state index contributed by atoms with van der Waals surface area (Å²) in [5, 5.41) is 3.71. The van der Waals surface area contributed by atoms with Crippen LogP contribution in [0.25, 0.3) is 10.2 Å². The molecule has 2 aromatic heterocycles. The Morgan fingerprint density at radius 3 is 2.82 bits per heavy atom. The van der Waals surface area contributed by atoms with E-state index in [0.29, 0.717) is 21.1 Å². The van der Waals surface area contributed by atoms with E-state index in [2.05, 4.69) is 46.4 Å². The topological polar surface area (TPSA) is 67.2 Å². The molecule has 0 bridgehead atoms. The van der Waals surface area contributed by atoms with Crippen molar-refractivity contribution in [2.75, 3.05) is 13.1 Å². The second-order valence-electron chi connectivity index (χ2n) is 7.44. The minimum Gasteiger partial charge on any atom is -0.347 e. The highest BCUT2D eigenvalue weighted by molar-refractivity contribution is 7.20. The summed E-state index contributed by atoms with van der Waals surface area (Å²) in [5.74, 6) is -0.109. The first-order valence-electron chi connectivity index (χ1n) is 9.50. The van der Waals surface area contributed by atoms with Gasteiger partial charge in [0.05, 0.1) is 16.6 Å². The number of fused-ring (bicyclic) bond motifs is 1. The average Bonchev–Trinajstić information content (AvgIpc) is 3.30. The third-order valence-corrected chi connectivity index (χ3v) is 6.80. The number of carbonyl (C=O) groups excluding carboxylic acids is 1. The van der Waals surface area contributed by atoms with Gasteiger partial charge in [-0.15, -0.1) is 11.3 Å². The molecule has 0 aliphatic carbocycles. The highest BCUT2D eigenvalue weighted by Gasteiger charge is 2.29. The maximum absolute atomic E-state index is 12.9. The minimum atomic E-state index is -0.110. The maximum Gasteiger partial charge on any atom is 0.262 e. The molecule has 3 heterocycles. The summed E-state index contributed by atoms with van der Waals surface area (Å²) in [6.07, 6.45) is 2.43. The van der Waals surface area contributed by atoms with Crippen molar-refractivity contribution < 1.29 is 4.79 Å². The van der Waals surface area contributed by atoms with Gasteiger partial charge in [-0.3, -0.25) is 14.5 Å². The Kier molecular flexibility index (Phi) is 5.03. The maximum atomic E-state index is 12.9. The molecule has 1 aromatic carbocycles. The lowest BCUT2D eigenvalue weighted by Crippen LogP contribution is -2.37. The molecule has 2 atom stereocenters. The Morgan fingerprint density at radius 1 is 1.32 bits per heavy atom. The van der Waals surface area contributed by atoms with E-state index >= 15 is 0 Å². The third kappa shape index (κ3) is 3.36. The van der Waals surface area contributed by atoms with Gasteiger partial charge in [-0.25, -0.2) is 4.98 Å². The normalized spacial score (nSPS) is 18.5. The average molecular weight is 397 g/mol. The van der Waals surface area contributed by atoms with Crippen molar-refractivity contribution in [3.8, 4) is 0 Å². The predicted molar refractivity (Wildman–Crippen MR) is 112 cm³/mol. The Bertz CT molecular complexity index is 1070. The molecule has 1 aliphatic heterocycles. The van der Waals surface area contributed by atoms with Gasteiger partial charge >= 0.3 is 0 Å². The molecule has 1 aliphatic rings. The lowest BCUT2D eigenvalue weighted by Gasteiger charge is -2.24. The van der Waals surface area contributed by atoms with E-state index in [4.69, 9.17) is 0 Å². The number of nitrogens with zero attached hydrogens (tertiary/aromatic N) is 3. The molecular weight excluding hydrogens is 372 g/mol. The van der Waals surface area contributed by atoms with Gasteiger partial charge in [0.1, 0.15) is 4.83 Å². The summed E-state index contributed by atoms with van der Waals surface area (Å²) in [7, 11) is 1.67. The molecule has 1 saturated heterocycles.